The van der Waals surface area contributed by atoms with Gasteiger partial charge in [0, 0.05) is 10.2 Å². The van der Waals surface area contributed by atoms with Crippen LogP contribution in [0, 0.1) is 0 Å². The van der Waals surface area contributed by atoms with E-state index in [-0.39, 0.29) is 18.4 Å². The van der Waals surface area contributed by atoms with E-state index in [1.807, 2.05) is 83.8 Å². The van der Waals surface area contributed by atoms with Crippen LogP contribution in [-0.2, 0) is 21.7 Å². The molecule has 0 unspecified atom stereocenters. The van der Waals surface area contributed by atoms with Gasteiger partial charge < -0.3 is 9.64 Å². The molecular formula is C24H19BrN2O3. The lowest BCUT2D eigenvalue weighted by Gasteiger charge is -2.24. The number of benzene rings is 3. The first-order chi connectivity index (χ1) is 14.6. The van der Waals surface area contributed by atoms with Crippen LogP contribution in [0.5, 0.6) is 5.75 Å². The summed E-state index contributed by atoms with van der Waals surface area (Å²) in [7, 11) is 1.60. The summed E-state index contributed by atoms with van der Waals surface area (Å²) in [6.45, 7) is 0.279. The zero-order valence-corrected chi connectivity index (χ0v) is 17.9. The second-order valence-corrected chi connectivity index (χ2v) is 8.37. The van der Waals surface area contributed by atoms with Crippen LogP contribution in [-0.4, -0.2) is 29.9 Å². The van der Waals surface area contributed by atoms with Gasteiger partial charge in [0.25, 0.3) is 11.8 Å². The summed E-state index contributed by atoms with van der Waals surface area (Å²) in [4.78, 5) is 30.4. The molecule has 0 saturated carbocycles. The molecule has 2 amide bonds. The maximum atomic E-state index is 13.7. The number of ether oxygens (including phenoxy) is 1. The number of hydrogen-bond donors (Lipinski definition) is 0. The maximum absolute atomic E-state index is 13.7. The first-order valence-electron chi connectivity index (χ1n) is 9.66. The third kappa shape index (κ3) is 2.67. The second-order valence-electron chi connectivity index (χ2n) is 7.46. The molecule has 150 valence electrons. The van der Waals surface area contributed by atoms with Gasteiger partial charge in [0.15, 0.2) is 5.54 Å². The highest BCUT2D eigenvalue weighted by atomic mass is 79.9. The average Bonchev–Trinajstić information content (AvgIpc) is 3.43. The number of likely N-dealkylation sites (tertiary alicyclic amines) is 1. The summed E-state index contributed by atoms with van der Waals surface area (Å²) >= 11 is 3.45. The van der Waals surface area contributed by atoms with Gasteiger partial charge in [-0.2, -0.15) is 0 Å². The van der Waals surface area contributed by atoms with Gasteiger partial charge in [-0.25, -0.2) is 0 Å². The lowest BCUT2D eigenvalue weighted by atomic mass is 9.96. The van der Waals surface area contributed by atoms with Gasteiger partial charge in [-0.1, -0.05) is 58.4 Å². The molecule has 2 heterocycles. The van der Waals surface area contributed by atoms with Gasteiger partial charge in [0.1, 0.15) is 11.8 Å². The van der Waals surface area contributed by atoms with E-state index in [0.717, 1.165) is 21.3 Å². The lowest BCUT2D eigenvalue weighted by molar-refractivity contribution is -0.141. The summed E-state index contributed by atoms with van der Waals surface area (Å²) in [5.41, 5.74) is 1.57. The molecule has 30 heavy (non-hydrogen) atoms. The van der Waals surface area contributed by atoms with Crippen LogP contribution in [0.1, 0.15) is 11.1 Å². The average molecular weight is 463 g/mol. The van der Waals surface area contributed by atoms with Gasteiger partial charge >= 0.3 is 0 Å². The molecule has 3 aromatic rings. The Hall–Kier alpha value is -3.12. The first-order valence-corrected chi connectivity index (χ1v) is 10.5. The molecular weight excluding hydrogens is 444 g/mol. The van der Waals surface area contributed by atoms with Crippen LogP contribution in [0.2, 0.25) is 0 Å². The Morgan fingerprint density at radius 2 is 1.60 bits per heavy atom. The van der Waals surface area contributed by atoms with E-state index in [1.54, 1.807) is 7.11 Å². The Morgan fingerprint density at radius 1 is 0.933 bits per heavy atom. The highest BCUT2D eigenvalue weighted by molar-refractivity contribution is 9.10. The minimum absolute atomic E-state index is 0.164. The largest absolute Gasteiger partial charge is 0.497 e. The van der Waals surface area contributed by atoms with Crippen LogP contribution < -0.4 is 9.64 Å². The number of anilines is 1. The molecule has 0 bridgehead atoms. The van der Waals surface area contributed by atoms with Crippen molar-refractivity contribution in [2.24, 2.45) is 0 Å². The molecule has 2 aliphatic heterocycles. The number of rotatable bonds is 5. The van der Waals surface area contributed by atoms with E-state index < -0.39 is 11.6 Å². The molecule has 2 fully saturated rings. The molecule has 6 heteroatoms. The third-order valence-electron chi connectivity index (χ3n) is 5.86. The number of hydrogen-bond acceptors (Lipinski definition) is 4. The highest BCUT2D eigenvalue weighted by Gasteiger charge is 2.79. The van der Waals surface area contributed by atoms with Gasteiger partial charge in [-0.15, -0.1) is 0 Å². The highest BCUT2D eigenvalue weighted by Crippen LogP contribution is 2.58. The fourth-order valence-corrected chi connectivity index (χ4v) is 4.65. The zero-order valence-electron chi connectivity index (χ0n) is 16.3. The number of fused-ring (bicyclic) bond motifs is 1. The molecule has 3 aromatic carbocycles. The molecule has 5 rings (SSSR count). The monoisotopic (exact) mass is 462 g/mol. The molecule has 0 N–H and O–H groups in total. The van der Waals surface area contributed by atoms with E-state index in [2.05, 4.69) is 15.9 Å². The van der Waals surface area contributed by atoms with Gasteiger partial charge in [-0.3, -0.25) is 14.5 Å². The van der Waals surface area contributed by atoms with E-state index >= 15 is 0 Å². The van der Waals surface area contributed by atoms with Gasteiger partial charge in [0.05, 0.1) is 13.7 Å². The Morgan fingerprint density at radius 3 is 2.23 bits per heavy atom. The lowest BCUT2D eigenvalue weighted by Crippen LogP contribution is -2.41. The quantitative estimate of drug-likeness (QED) is 0.422. The Balaban J connectivity index is 1.57. The summed E-state index contributed by atoms with van der Waals surface area (Å²) in [5.74, 6) is 0.359. The van der Waals surface area contributed by atoms with Crippen molar-refractivity contribution in [3.8, 4) is 5.75 Å². The van der Waals surface area contributed by atoms with Crippen LogP contribution in [0.3, 0.4) is 0 Å². The molecule has 2 saturated heterocycles. The van der Waals surface area contributed by atoms with E-state index in [4.69, 9.17) is 4.74 Å². The molecule has 2 aliphatic rings. The molecule has 0 spiro atoms. The Kier molecular flexibility index (Phi) is 4.40. The number of piperazine rings is 1. The Bertz CT molecular complexity index is 1120. The second kappa shape index (κ2) is 6.99. The zero-order chi connectivity index (χ0) is 20.9. The number of methoxy groups -OCH3 is 1. The van der Waals surface area contributed by atoms with E-state index in [9.17, 15) is 9.59 Å². The Labute approximate surface area is 183 Å². The van der Waals surface area contributed by atoms with Crippen molar-refractivity contribution in [3.05, 3.63) is 94.5 Å². The van der Waals surface area contributed by atoms with Gasteiger partial charge in [0.2, 0.25) is 0 Å². The van der Waals surface area contributed by atoms with Crippen molar-refractivity contribution >= 4 is 33.4 Å². The fraction of sp³-hybridized carbons (Fsp3) is 0.167. The number of nitrogens with zero attached hydrogens (tertiary/aromatic N) is 2. The number of imide groups is 1. The van der Waals surface area contributed by atoms with Crippen molar-refractivity contribution in [1.29, 1.82) is 0 Å². The fourth-order valence-electron chi connectivity index (χ4n) is 4.39. The van der Waals surface area contributed by atoms with Crippen molar-refractivity contribution in [3.63, 3.8) is 0 Å². The van der Waals surface area contributed by atoms with Crippen LogP contribution in [0.25, 0.3) is 0 Å². The minimum Gasteiger partial charge on any atom is -0.497 e. The van der Waals surface area contributed by atoms with E-state index in [1.165, 1.54) is 4.90 Å². The van der Waals surface area contributed by atoms with Gasteiger partial charge in [-0.05, 0) is 47.5 Å². The first kappa shape index (κ1) is 18.9. The van der Waals surface area contributed by atoms with Crippen molar-refractivity contribution < 1.29 is 14.3 Å². The molecule has 5 nitrogen and oxygen atoms in total. The summed E-state index contributed by atoms with van der Waals surface area (Å²) in [6, 6.07) is 24.2. The van der Waals surface area contributed by atoms with Crippen LogP contribution in [0.15, 0.2) is 83.3 Å². The predicted molar refractivity (Wildman–Crippen MR) is 117 cm³/mol. The van der Waals surface area contributed by atoms with Crippen molar-refractivity contribution in [2.75, 3.05) is 12.0 Å². The number of carbonyl (C=O) groups excluding carboxylic acids is 2. The standard InChI is InChI=1S/C24H19BrN2O3/c1-30-20-13-7-17(8-14-20)24-21(27(24)19-11-9-18(25)10-12-19)22(28)26(23(24)29)15-16-5-3-2-4-6-16/h2-14,21H,15H2,1H3/t21-,24-,27?/m0/s1. The number of amides is 2. The molecule has 2 atom stereocenters. The summed E-state index contributed by atoms with van der Waals surface area (Å²) < 4.78 is 6.21. The number of carbonyl (C=O) groups is 2. The molecule has 0 aliphatic carbocycles. The van der Waals surface area contributed by atoms with Crippen molar-refractivity contribution in [1.82, 2.24) is 4.90 Å². The SMILES string of the molecule is COc1ccc([C@@]23C(=O)N(Cc4ccccc4)C(=O)[C@@H]2N3c2ccc(Br)cc2)cc1. The normalized spacial score (nSPS) is 22.3. The number of halogens is 1. The summed E-state index contributed by atoms with van der Waals surface area (Å²) in [5, 5.41) is 0. The van der Waals surface area contributed by atoms with Crippen LogP contribution >= 0.6 is 15.9 Å². The van der Waals surface area contributed by atoms with Crippen LogP contribution in [0.4, 0.5) is 5.69 Å². The smallest absolute Gasteiger partial charge is 0.262 e. The molecule has 0 radical (unpaired) electrons. The van der Waals surface area contributed by atoms with E-state index in [0.29, 0.717) is 5.75 Å². The topological polar surface area (TPSA) is 49.6 Å². The third-order valence-corrected chi connectivity index (χ3v) is 6.38. The minimum atomic E-state index is -1.01. The predicted octanol–water partition coefficient (Wildman–Crippen LogP) is 4.11. The maximum Gasteiger partial charge on any atom is 0.262 e. The summed E-state index contributed by atoms with van der Waals surface area (Å²) in [6.07, 6.45) is 0. The molecule has 0 aromatic heterocycles. The van der Waals surface area contributed by atoms with Crippen molar-refractivity contribution in [2.45, 2.75) is 18.1 Å².